The number of nitrogens with zero attached hydrogens (tertiary/aromatic N) is 5. The fourth-order valence-electron chi connectivity index (χ4n) is 3.22. The largest absolute Gasteiger partial charge is 0.504 e. The van der Waals surface area contributed by atoms with Gasteiger partial charge in [-0.2, -0.15) is 9.97 Å². The van der Waals surface area contributed by atoms with E-state index in [9.17, 15) is 15.3 Å². The lowest BCUT2D eigenvalue weighted by Gasteiger charge is -2.23. The number of anilines is 2. The topological polar surface area (TPSA) is 120 Å². The number of fused-ring (bicyclic) bond motifs is 1. The Labute approximate surface area is 176 Å². The van der Waals surface area contributed by atoms with Gasteiger partial charge in [0.1, 0.15) is 0 Å². The van der Waals surface area contributed by atoms with Crippen LogP contribution >= 0.6 is 0 Å². The highest BCUT2D eigenvalue weighted by Crippen LogP contribution is 2.29. The first-order valence-electron chi connectivity index (χ1n) is 10.0. The molecular formula is C21H30N6O3. The summed E-state index contributed by atoms with van der Waals surface area (Å²) in [7, 11) is 1.88. The summed E-state index contributed by atoms with van der Waals surface area (Å²) >= 11 is 0. The lowest BCUT2D eigenvalue weighted by molar-refractivity contribution is 0.248. The second-order valence-corrected chi connectivity index (χ2v) is 8.15. The van der Waals surface area contributed by atoms with Crippen LogP contribution in [-0.4, -0.2) is 54.5 Å². The second-order valence-electron chi connectivity index (χ2n) is 8.15. The van der Waals surface area contributed by atoms with E-state index >= 15 is 0 Å². The van der Waals surface area contributed by atoms with Gasteiger partial charge in [-0.05, 0) is 37.5 Å². The van der Waals surface area contributed by atoms with Crippen LogP contribution in [0.3, 0.4) is 0 Å². The van der Waals surface area contributed by atoms with Gasteiger partial charge in [-0.3, -0.25) is 0 Å². The maximum atomic E-state index is 9.80. The molecule has 0 saturated carbocycles. The summed E-state index contributed by atoms with van der Waals surface area (Å²) in [5, 5.41) is 32.3. The van der Waals surface area contributed by atoms with E-state index in [2.05, 4.69) is 34.1 Å². The number of hydrogen-bond acceptors (Lipinski definition) is 8. The summed E-state index contributed by atoms with van der Waals surface area (Å²) < 4.78 is 1.98. The Kier molecular flexibility index (Phi) is 6.31. The van der Waals surface area contributed by atoms with Gasteiger partial charge in [0.05, 0.1) is 19.0 Å². The van der Waals surface area contributed by atoms with Crippen molar-refractivity contribution in [2.24, 2.45) is 5.92 Å². The molecule has 30 heavy (non-hydrogen) atoms. The zero-order valence-corrected chi connectivity index (χ0v) is 18.0. The van der Waals surface area contributed by atoms with Gasteiger partial charge in [0.2, 0.25) is 5.95 Å². The van der Waals surface area contributed by atoms with E-state index in [1.807, 2.05) is 30.4 Å². The first kappa shape index (κ1) is 21.6. The molecule has 1 aromatic carbocycles. The van der Waals surface area contributed by atoms with Crippen LogP contribution in [-0.2, 0) is 6.54 Å². The monoisotopic (exact) mass is 414 g/mol. The minimum absolute atomic E-state index is 0.0273. The molecule has 2 heterocycles. The van der Waals surface area contributed by atoms with Gasteiger partial charge in [0.15, 0.2) is 28.5 Å². The predicted octanol–water partition coefficient (Wildman–Crippen LogP) is 2.88. The van der Waals surface area contributed by atoms with E-state index in [0.29, 0.717) is 29.5 Å². The highest BCUT2D eigenvalue weighted by molar-refractivity contribution is 5.85. The second kappa shape index (κ2) is 8.74. The number of rotatable bonds is 8. The maximum Gasteiger partial charge on any atom is 0.227 e. The SMILES string of the molecule is CC(C)C(CO)Nc1nc(N(C)Cc2ccc(O)c(O)c2)c2ncn(C(C)C)c2n1. The minimum atomic E-state index is -0.176. The van der Waals surface area contributed by atoms with Crippen LogP contribution in [0.4, 0.5) is 11.8 Å². The van der Waals surface area contributed by atoms with Gasteiger partial charge in [0, 0.05) is 19.6 Å². The van der Waals surface area contributed by atoms with Crippen molar-refractivity contribution in [3.8, 4) is 11.5 Å². The molecule has 9 heteroatoms. The highest BCUT2D eigenvalue weighted by atomic mass is 16.3. The molecule has 2 aromatic heterocycles. The van der Waals surface area contributed by atoms with Crippen molar-refractivity contribution in [1.29, 1.82) is 0 Å². The van der Waals surface area contributed by atoms with E-state index in [-0.39, 0.29) is 36.1 Å². The predicted molar refractivity (Wildman–Crippen MR) is 117 cm³/mol. The summed E-state index contributed by atoms with van der Waals surface area (Å²) in [6, 6.07) is 4.73. The number of phenolic OH excluding ortho intramolecular Hbond substituents is 2. The van der Waals surface area contributed by atoms with Gasteiger partial charge in [-0.15, -0.1) is 0 Å². The summed E-state index contributed by atoms with van der Waals surface area (Å²) in [4.78, 5) is 15.8. The number of benzene rings is 1. The lowest BCUT2D eigenvalue weighted by atomic mass is 10.1. The quantitative estimate of drug-likeness (QED) is 0.416. The first-order chi connectivity index (χ1) is 14.2. The molecule has 0 amide bonds. The van der Waals surface area contributed by atoms with Gasteiger partial charge in [0.25, 0.3) is 0 Å². The molecule has 162 valence electrons. The van der Waals surface area contributed by atoms with E-state index < -0.39 is 0 Å². The van der Waals surface area contributed by atoms with Gasteiger partial charge >= 0.3 is 0 Å². The van der Waals surface area contributed by atoms with Crippen molar-refractivity contribution >= 4 is 22.9 Å². The van der Waals surface area contributed by atoms with Crippen molar-refractivity contribution in [2.75, 3.05) is 23.9 Å². The van der Waals surface area contributed by atoms with Crippen LogP contribution in [0.5, 0.6) is 11.5 Å². The maximum absolute atomic E-state index is 9.80. The molecule has 0 aliphatic heterocycles. The Morgan fingerprint density at radius 2 is 1.83 bits per heavy atom. The Morgan fingerprint density at radius 1 is 1.10 bits per heavy atom. The molecule has 0 aliphatic rings. The third-order valence-corrected chi connectivity index (χ3v) is 5.10. The number of nitrogens with one attached hydrogen (secondary N) is 1. The molecule has 1 unspecified atom stereocenters. The number of phenols is 2. The molecule has 3 aromatic rings. The first-order valence-corrected chi connectivity index (χ1v) is 10.0. The number of aromatic hydroxyl groups is 2. The molecule has 3 rings (SSSR count). The standard InChI is InChI=1S/C21H30N6O3/c1-12(2)15(10-28)23-21-24-19(18-20(25-21)27(11-22-18)13(3)4)26(5)9-14-6-7-16(29)17(30)8-14/h6-8,11-13,15,28-30H,9-10H2,1-5H3,(H,23,24,25). The van der Waals surface area contributed by atoms with Crippen molar-refractivity contribution in [3.05, 3.63) is 30.1 Å². The van der Waals surface area contributed by atoms with Crippen LogP contribution in [0.2, 0.25) is 0 Å². The average Bonchev–Trinajstić information content (AvgIpc) is 3.12. The van der Waals surface area contributed by atoms with E-state index in [1.54, 1.807) is 12.4 Å². The fraction of sp³-hybridized carbons (Fsp3) is 0.476. The Balaban J connectivity index is 2.03. The molecule has 4 N–H and O–H groups in total. The highest BCUT2D eigenvalue weighted by Gasteiger charge is 2.20. The summed E-state index contributed by atoms with van der Waals surface area (Å²) in [5.41, 5.74) is 2.19. The molecule has 1 atom stereocenters. The number of hydrogen-bond donors (Lipinski definition) is 4. The van der Waals surface area contributed by atoms with Crippen molar-refractivity contribution < 1.29 is 15.3 Å². The zero-order valence-electron chi connectivity index (χ0n) is 18.0. The summed E-state index contributed by atoms with van der Waals surface area (Å²) in [6.07, 6.45) is 1.75. The van der Waals surface area contributed by atoms with Crippen molar-refractivity contribution in [2.45, 2.75) is 46.3 Å². The fourth-order valence-corrected chi connectivity index (χ4v) is 3.22. The normalized spacial score (nSPS) is 12.7. The van der Waals surface area contributed by atoms with Crippen LogP contribution < -0.4 is 10.2 Å². The van der Waals surface area contributed by atoms with Crippen molar-refractivity contribution in [1.82, 2.24) is 19.5 Å². The zero-order chi connectivity index (χ0) is 22.0. The van der Waals surface area contributed by atoms with Crippen molar-refractivity contribution in [3.63, 3.8) is 0 Å². The van der Waals surface area contributed by atoms with Crippen LogP contribution in [0.1, 0.15) is 39.3 Å². The summed E-state index contributed by atoms with van der Waals surface area (Å²) in [6.45, 7) is 8.58. The minimum Gasteiger partial charge on any atom is -0.504 e. The number of aliphatic hydroxyl groups is 1. The lowest BCUT2D eigenvalue weighted by Crippen LogP contribution is -2.31. The molecule has 0 bridgehead atoms. The van der Waals surface area contributed by atoms with Gasteiger partial charge in [-0.25, -0.2) is 4.98 Å². The third-order valence-electron chi connectivity index (χ3n) is 5.10. The van der Waals surface area contributed by atoms with Crippen LogP contribution in [0.25, 0.3) is 11.2 Å². The molecular weight excluding hydrogens is 384 g/mol. The molecule has 9 nitrogen and oxygen atoms in total. The van der Waals surface area contributed by atoms with Gasteiger partial charge < -0.3 is 30.1 Å². The van der Waals surface area contributed by atoms with E-state index in [4.69, 9.17) is 0 Å². The molecule has 0 aliphatic carbocycles. The van der Waals surface area contributed by atoms with Crippen LogP contribution in [0.15, 0.2) is 24.5 Å². The Bertz CT molecular complexity index is 1020. The number of aliphatic hydroxyl groups excluding tert-OH is 1. The smallest absolute Gasteiger partial charge is 0.227 e. The van der Waals surface area contributed by atoms with Gasteiger partial charge in [-0.1, -0.05) is 19.9 Å². The molecule has 0 saturated heterocycles. The van der Waals surface area contributed by atoms with E-state index in [0.717, 1.165) is 5.56 Å². The Hall–Kier alpha value is -3.07. The third kappa shape index (κ3) is 4.40. The Morgan fingerprint density at radius 3 is 2.43 bits per heavy atom. The molecule has 0 fully saturated rings. The molecule has 0 spiro atoms. The van der Waals surface area contributed by atoms with Crippen LogP contribution in [0, 0.1) is 5.92 Å². The number of imidazole rings is 1. The average molecular weight is 415 g/mol. The molecule has 0 radical (unpaired) electrons. The summed E-state index contributed by atoms with van der Waals surface area (Å²) in [5.74, 6) is 0.938. The number of aromatic nitrogens is 4. The van der Waals surface area contributed by atoms with E-state index in [1.165, 1.54) is 12.1 Å².